The third kappa shape index (κ3) is 6.29. The van der Waals surface area contributed by atoms with Crippen molar-refractivity contribution in [2.75, 3.05) is 13.1 Å². The lowest BCUT2D eigenvalue weighted by atomic mass is 10.2. The predicted octanol–water partition coefficient (Wildman–Crippen LogP) is 2.12. The van der Waals surface area contributed by atoms with Crippen LogP contribution in [-0.2, 0) is 0 Å². The molecule has 0 aliphatic carbocycles. The lowest BCUT2D eigenvalue weighted by molar-refractivity contribution is 0.196. The predicted molar refractivity (Wildman–Crippen MR) is 70.4 cm³/mol. The minimum atomic E-state index is -0.0648. The molecule has 1 aromatic carbocycles. The third-order valence-electron chi connectivity index (χ3n) is 2.43. The van der Waals surface area contributed by atoms with Crippen molar-refractivity contribution in [3.63, 3.8) is 0 Å². The van der Waals surface area contributed by atoms with Crippen LogP contribution in [0.1, 0.15) is 25.8 Å². The highest BCUT2D eigenvalue weighted by Crippen LogP contribution is 2.12. The smallest absolute Gasteiger partial charge is 0.119 e. The van der Waals surface area contributed by atoms with Crippen molar-refractivity contribution in [3.05, 3.63) is 29.8 Å². The summed E-state index contributed by atoms with van der Waals surface area (Å²) < 4.78 is 5.47. The zero-order valence-corrected chi connectivity index (χ0v) is 10.9. The summed E-state index contributed by atoms with van der Waals surface area (Å²) >= 11 is 0. The van der Waals surface area contributed by atoms with Crippen LogP contribution in [0.3, 0.4) is 0 Å². The van der Waals surface area contributed by atoms with E-state index in [-0.39, 0.29) is 12.2 Å². The van der Waals surface area contributed by atoms with Crippen molar-refractivity contribution in [3.8, 4) is 5.75 Å². The van der Waals surface area contributed by atoms with E-state index < -0.39 is 0 Å². The average Bonchev–Trinajstić information content (AvgIpc) is 2.73. The van der Waals surface area contributed by atoms with E-state index in [4.69, 9.17) is 9.84 Å². The Morgan fingerprint density at radius 1 is 1.29 bits per heavy atom. The maximum absolute atomic E-state index is 8.67. The molecule has 96 valence electrons. The number of β-amino-alcohol motifs (C(OH)–C–C–N with tert-alkyl or cyclic N) is 1. The highest BCUT2D eigenvalue weighted by atomic mass is 16.5. The summed E-state index contributed by atoms with van der Waals surface area (Å²) in [5.41, 5.74) is 1.26. The third-order valence-corrected chi connectivity index (χ3v) is 2.43. The van der Waals surface area contributed by atoms with Gasteiger partial charge in [0.05, 0.1) is 12.2 Å². The Morgan fingerprint density at radius 2 is 1.94 bits per heavy atom. The molecule has 17 heavy (non-hydrogen) atoms. The molecule has 0 saturated carbocycles. The van der Waals surface area contributed by atoms with Crippen LogP contribution in [0.15, 0.2) is 24.3 Å². The zero-order valence-electron chi connectivity index (χ0n) is 10.9. The number of hydrogen-bond donors (Lipinski definition) is 2. The molecule has 1 aliphatic heterocycles. The van der Waals surface area contributed by atoms with Gasteiger partial charge >= 0.3 is 0 Å². The van der Waals surface area contributed by atoms with Crippen LogP contribution in [0.4, 0.5) is 0 Å². The standard InChI is InChI=1S/C10H14O.C4H9NO/c1-8(2)11-10-6-4-9(3)5-7-10;6-4-1-2-5-3-4/h4-8H,1-3H3;4-6H,1-3H2. The molecule has 1 atom stereocenters. The van der Waals surface area contributed by atoms with E-state index in [2.05, 4.69) is 24.4 Å². The van der Waals surface area contributed by atoms with E-state index in [1.54, 1.807) is 0 Å². The Hall–Kier alpha value is -1.06. The first-order valence-electron chi connectivity index (χ1n) is 6.20. The van der Waals surface area contributed by atoms with Crippen LogP contribution in [0.5, 0.6) is 5.75 Å². The van der Waals surface area contributed by atoms with Crippen LogP contribution in [0, 0.1) is 6.92 Å². The minimum Gasteiger partial charge on any atom is -0.491 e. The molecule has 1 fully saturated rings. The fourth-order valence-electron chi connectivity index (χ4n) is 1.53. The summed E-state index contributed by atoms with van der Waals surface area (Å²) in [5.74, 6) is 0.950. The molecular weight excluding hydrogens is 214 g/mol. The van der Waals surface area contributed by atoms with Gasteiger partial charge in [-0.3, -0.25) is 0 Å². The quantitative estimate of drug-likeness (QED) is 0.828. The maximum Gasteiger partial charge on any atom is 0.119 e. The summed E-state index contributed by atoms with van der Waals surface area (Å²) in [7, 11) is 0. The lowest BCUT2D eigenvalue weighted by Crippen LogP contribution is -2.11. The number of hydrogen-bond acceptors (Lipinski definition) is 3. The summed E-state index contributed by atoms with van der Waals surface area (Å²) in [6.07, 6.45) is 1.13. The van der Waals surface area contributed by atoms with Crippen LogP contribution < -0.4 is 10.1 Å². The first-order valence-corrected chi connectivity index (χ1v) is 6.20. The molecule has 2 N–H and O–H groups in total. The molecule has 3 heteroatoms. The molecule has 2 rings (SSSR count). The SMILES string of the molecule is Cc1ccc(OC(C)C)cc1.OC1CCNC1. The second-order valence-corrected chi connectivity index (χ2v) is 4.63. The number of aliphatic hydroxyl groups is 1. The Bertz CT molecular complexity index is 303. The van der Waals surface area contributed by atoms with Gasteiger partial charge in [-0.15, -0.1) is 0 Å². The number of rotatable bonds is 2. The van der Waals surface area contributed by atoms with Gasteiger partial charge in [0.1, 0.15) is 5.75 Å². The summed E-state index contributed by atoms with van der Waals surface area (Å²) in [6, 6.07) is 8.10. The van der Waals surface area contributed by atoms with Gasteiger partial charge in [0.2, 0.25) is 0 Å². The molecular formula is C14H23NO2. The molecule has 3 nitrogen and oxygen atoms in total. The summed E-state index contributed by atoms with van der Waals surface area (Å²) in [5, 5.41) is 11.7. The van der Waals surface area contributed by atoms with Gasteiger partial charge in [-0.25, -0.2) is 0 Å². The van der Waals surface area contributed by atoms with E-state index in [0.29, 0.717) is 0 Å². The van der Waals surface area contributed by atoms with E-state index in [0.717, 1.165) is 25.3 Å². The fraction of sp³-hybridized carbons (Fsp3) is 0.571. The first kappa shape index (κ1) is 14.0. The van der Waals surface area contributed by atoms with Crippen molar-refractivity contribution in [2.24, 2.45) is 0 Å². The molecule has 1 unspecified atom stereocenters. The molecule has 1 aliphatic rings. The normalized spacial score (nSPS) is 18.8. The minimum absolute atomic E-state index is 0.0648. The molecule has 0 aromatic heterocycles. The van der Waals surface area contributed by atoms with Crippen LogP contribution >= 0.6 is 0 Å². The highest BCUT2D eigenvalue weighted by Gasteiger charge is 2.08. The van der Waals surface area contributed by atoms with Gasteiger partial charge in [0.15, 0.2) is 0 Å². The number of nitrogens with one attached hydrogen (secondary N) is 1. The molecule has 0 bridgehead atoms. The topological polar surface area (TPSA) is 41.5 Å². The molecule has 1 saturated heterocycles. The Morgan fingerprint density at radius 3 is 2.29 bits per heavy atom. The van der Waals surface area contributed by atoms with Gasteiger partial charge in [-0.1, -0.05) is 17.7 Å². The molecule has 0 spiro atoms. The van der Waals surface area contributed by atoms with Crippen molar-refractivity contribution in [1.29, 1.82) is 0 Å². The zero-order chi connectivity index (χ0) is 12.7. The van der Waals surface area contributed by atoms with Crippen LogP contribution in [-0.4, -0.2) is 30.4 Å². The van der Waals surface area contributed by atoms with Gasteiger partial charge in [0, 0.05) is 6.54 Å². The first-order chi connectivity index (χ1) is 8.08. The van der Waals surface area contributed by atoms with Gasteiger partial charge in [-0.05, 0) is 45.9 Å². The summed E-state index contributed by atoms with van der Waals surface area (Å²) in [6.45, 7) is 7.90. The van der Waals surface area contributed by atoms with Gasteiger partial charge in [0.25, 0.3) is 0 Å². The van der Waals surface area contributed by atoms with Crippen molar-refractivity contribution >= 4 is 0 Å². The molecule has 0 amide bonds. The van der Waals surface area contributed by atoms with Gasteiger partial charge in [-0.2, -0.15) is 0 Å². The number of aliphatic hydroxyl groups excluding tert-OH is 1. The van der Waals surface area contributed by atoms with E-state index >= 15 is 0 Å². The largest absolute Gasteiger partial charge is 0.491 e. The monoisotopic (exact) mass is 237 g/mol. The van der Waals surface area contributed by atoms with Crippen LogP contribution in [0.2, 0.25) is 0 Å². The Labute approximate surface area is 104 Å². The van der Waals surface area contributed by atoms with Crippen molar-refractivity contribution in [2.45, 2.75) is 39.4 Å². The number of ether oxygens (including phenoxy) is 1. The second-order valence-electron chi connectivity index (χ2n) is 4.63. The van der Waals surface area contributed by atoms with E-state index in [1.807, 2.05) is 26.0 Å². The number of benzene rings is 1. The van der Waals surface area contributed by atoms with E-state index in [1.165, 1.54) is 5.56 Å². The lowest BCUT2D eigenvalue weighted by Gasteiger charge is -2.08. The highest BCUT2D eigenvalue weighted by molar-refractivity contribution is 5.26. The second kappa shape index (κ2) is 7.30. The van der Waals surface area contributed by atoms with Crippen LogP contribution in [0.25, 0.3) is 0 Å². The number of aryl methyl sites for hydroxylation is 1. The maximum atomic E-state index is 8.67. The fourth-order valence-corrected chi connectivity index (χ4v) is 1.53. The van der Waals surface area contributed by atoms with Crippen molar-refractivity contribution in [1.82, 2.24) is 5.32 Å². The average molecular weight is 237 g/mol. The molecule has 1 heterocycles. The van der Waals surface area contributed by atoms with Gasteiger partial charge < -0.3 is 15.2 Å². The Balaban J connectivity index is 0.000000202. The Kier molecular flexibility index (Phi) is 6.01. The summed E-state index contributed by atoms with van der Waals surface area (Å²) in [4.78, 5) is 0. The molecule has 0 radical (unpaired) electrons. The van der Waals surface area contributed by atoms with Crippen molar-refractivity contribution < 1.29 is 9.84 Å². The molecule has 1 aromatic rings. The van der Waals surface area contributed by atoms with E-state index in [9.17, 15) is 0 Å².